The molecule has 0 spiro atoms. The molecule has 6 heteroatoms. The van der Waals surface area contributed by atoms with Crippen LogP contribution in [0.15, 0.2) is 0 Å². The summed E-state index contributed by atoms with van der Waals surface area (Å²) in [5.41, 5.74) is 0.373. The van der Waals surface area contributed by atoms with E-state index in [1.165, 1.54) is 4.68 Å². The van der Waals surface area contributed by atoms with Crippen LogP contribution >= 0.6 is 0 Å². The Bertz CT molecular complexity index is 420. The van der Waals surface area contributed by atoms with Gasteiger partial charge in [-0.3, -0.25) is 4.68 Å². The zero-order valence-electron chi connectivity index (χ0n) is 10.2. The average Bonchev–Trinajstić information content (AvgIpc) is 2.55. The van der Waals surface area contributed by atoms with E-state index in [2.05, 4.69) is 5.10 Å². The van der Waals surface area contributed by atoms with Crippen molar-refractivity contribution in [1.29, 1.82) is 0 Å². The Labute approximate surface area is 98.2 Å². The molecule has 0 radical (unpaired) electrons. The van der Waals surface area contributed by atoms with Crippen molar-refractivity contribution in [3.63, 3.8) is 0 Å². The van der Waals surface area contributed by atoms with Crippen LogP contribution in [-0.2, 0) is 19.1 Å². The first-order valence-electron chi connectivity index (χ1n) is 5.66. The van der Waals surface area contributed by atoms with Crippen LogP contribution in [0.25, 0.3) is 0 Å². The third-order valence-electron chi connectivity index (χ3n) is 3.03. The van der Waals surface area contributed by atoms with Crippen molar-refractivity contribution in [2.24, 2.45) is 0 Å². The minimum absolute atomic E-state index is 0.0387. The van der Waals surface area contributed by atoms with E-state index < -0.39 is 11.9 Å². The highest BCUT2D eigenvalue weighted by Crippen LogP contribution is 2.35. The second kappa shape index (κ2) is 4.01. The summed E-state index contributed by atoms with van der Waals surface area (Å²) in [6.07, 6.45) is -3.73. The number of aromatic nitrogens is 2. The number of hydrogen-bond donors (Lipinski definition) is 0. The van der Waals surface area contributed by atoms with E-state index in [1.807, 2.05) is 25.8 Å². The molecule has 1 aliphatic heterocycles. The Balaban J connectivity index is 2.54. The Morgan fingerprint density at radius 3 is 2.47 bits per heavy atom. The minimum atomic E-state index is -4.36. The van der Waals surface area contributed by atoms with E-state index in [1.54, 1.807) is 0 Å². The monoisotopic (exact) mass is 247 g/mol. The predicted molar refractivity (Wildman–Crippen MR) is 57.7 cm³/mol. The van der Waals surface area contributed by atoms with Crippen molar-refractivity contribution < 1.29 is 13.2 Å². The summed E-state index contributed by atoms with van der Waals surface area (Å²) >= 11 is 0. The molecule has 2 heterocycles. The third-order valence-corrected chi connectivity index (χ3v) is 3.03. The summed E-state index contributed by atoms with van der Waals surface area (Å²) in [7, 11) is 1.83. The molecule has 0 atom stereocenters. The highest BCUT2D eigenvalue weighted by molar-refractivity contribution is 5.31. The largest absolute Gasteiger partial charge is 0.435 e. The molecule has 0 amide bonds. The molecule has 2 rings (SSSR count). The maximum atomic E-state index is 12.9. The molecule has 0 bridgehead atoms. The van der Waals surface area contributed by atoms with Crippen LogP contribution in [0.5, 0.6) is 0 Å². The van der Waals surface area contributed by atoms with Crippen molar-refractivity contribution in [2.75, 3.05) is 13.6 Å². The van der Waals surface area contributed by atoms with E-state index in [-0.39, 0.29) is 6.04 Å². The molecule has 0 aromatic carbocycles. The summed E-state index contributed by atoms with van der Waals surface area (Å²) in [6, 6.07) is -0.0387. The topological polar surface area (TPSA) is 21.1 Å². The number of rotatable bonds is 1. The molecule has 1 aliphatic rings. The Morgan fingerprint density at radius 1 is 1.29 bits per heavy atom. The lowest BCUT2D eigenvalue weighted by atomic mass is 10.1. The summed E-state index contributed by atoms with van der Waals surface area (Å²) < 4.78 is 40.2. The van der Waals surface area contributed by atoms with Gasteiger partial charge in [-0.25, -0.2) is 0 Å². The van der Waals surface area contributed by atoms with Gasteiger partial charge in [0.2, 0.25) is 0 Å². The highest BCUT2D eigenvalue weighted by Gasteiger charge is 2.40. The lowest BCUT2D eigenvalue weighted by Crippen LogP contribution is -2.28. The fraction of sp³-hybridized carbons (Fsp3) is 0.727. The molecule has 0 saturated heterocycles. The van der Waals surface area contributed by atoms with E-state index in [0.29, 0.717) is 18.5 Å². The van der Waals surface area contributed by atoms with Crippen LogP contribution in [-0.4, -0.2) is 28.3 Å². The predicted octanol–water partition coefficient (Wildman–Crippen LogP) is 2.47. The van der Waals surface area contributed by atoms with Gasteiger partial charge in [-0.15, -0.1) is 0 Å². The van der Waals surface area contributed by atoms with Gasteiger partial charge < -0.3 is 4.90 Å². The molecule has 0 unspecified atom stereocenters. The fourth-order valence-electron chi connectivity index (χ4n) is 2.24. The van der Waals surface area contributed by atoms with Gasteiger partial charge in [0.25, 0.3) is 0 Å². The molecule has 0 fully saturated rings. The van der Waals surface area contributed by atoms with Gasteiger partial charge in [0.15, 0.2) is 5.69 Å². The van der Waals surface area contributed by atoms with Gasteiger partial charge in [0, 0.05) is 36.8 Å². The lowest BCUT2D eigenvalue weighted by molar-refractivity contribution is -0.142. The number of alkyl halides is 3. The standard InChI is InChI=1S/C11H16F3N3/c1-7(2)17-9-4-5-16(3)6-8(9)10(15-17)11(12,13)14/h7H,4-6H2,1-3H3. The van der Waals surface area contributed by atoms with E-state index in [9.17, 15) is 13.2 Å². The van der Waals surface area contributed by atoms with Gasteiger partial charge in [-0.05, 0) is 20.9 Å². The Kier molecular flexibility index (Phi) is 2.93. The van der Waals surface area contributed by atoms with Crippen molar-refractivity contribution in [1.82, 2.24) is 14.7 Å². The quantitative estimate of drug-likeness (QED) is 0.760. The number of nitrogens with zero attached hydrogens (tertiary/aromatic N) is 3. The number of likely N-dealkylation sites (N-methyl/N-ethyl adjacent to an activating group) is 1. The maximum absolute atomic E-state index is 12.9. The number of fused-ring (bicyclic) bond motifs is 1. The van der Waals surface area contributed by atoms with Crippen LogP contribution in [0.4, 0.5) is 13.2 Å². The molecular weight excluding hydrogens is 231 g/mol. The highest BCUT2D eigenvalue weighted by atomic mass is 19.4. The van der Waals surface area contributed by atoms with Gasteiger partial charge in [-0.1, -0.05) is 0 Å². The normalized spacial score (nSPS) is 17.6. The van der Waals surface area contributed by atoms with Crippen LogP contribution in [0.2, 0.25) is 0 Å². The van der Waals surface area contributed by atoms with Crippen molar-refractivity contribution in [2.45, 2.75) is 39.0 Å². The number of hydrogen-bond acceptors (Lipinski definition) is 2. The SMILES string of the molecule is CC(C)n1nc(C(F)(F)F)c2c1CCN(C)C2. The first-order valence-corrected chi connectivity index (χ1v) is 5.66. The summed E-state index contributed by atoms with van der Waals surface area (Å²) in [6.45, 7) is 4.82. The van der Waals surface area contributed by atoms with E-state index >= 15 is 0 Å². The van der Waals surface area contributed by atoms with Crippen LogP contribution in [0.3, 0.4) is 0 Å². The molecule has 1 aromatic rings. The second-order valence-corrected chi connectivity index (χ2v) is 4.80. The molecule has 0 saturated carbocycles. The first kappa shape index (κ1) is 12.4. The van der Waals surface area contributed by atoms with E-state index in [0.717, 1.165) is 12.2 Å². The van der Waals surface area contributed by atoms with Crippen molar-refractivity contribution >= 4 is 0 Å². The van der Waals surface area contributed by atoms with Gasteiger partial charge in [-0.2, -0.15) is 18.3 Å². The van der Waals surface area contributed by atoms with E-state index in [4.69, 9.17) is 0 Å². The average molecular weight is 247 g/mol. The first-order chi connectivity index (χ1) is 7.80. The molecule has 17 heavy (non-hydrogen) atoms. The zero-order chi connectivity index (χ0) is 12.8. The van der Waals surface area contributed by atoms with Gasteiger partial charge >= 0.3 is 6.18 Å². The van der Waals surface area contributed by atoms with Crippen LogP contribution in [0, 0.1) is 0 Å². The maximum Gasteiger partial charge on any atom is 0.435 e. The Hall–Kier alpha value is -1.04. The van der Waals surface area contributed by atoms with Gasteiger partial charge in [0.1, 0.15) is 0 Å². The zero-order valence-corrected chi connectivity index (χ0v) is 10.2. The molecule has 3 nitrogen and oxygen atoms in total. The molecular formula is C11H16F3N3. The Morgan fingerprint density at radius 2 is 1.94 bits per heavy atom. The van der Waals surface area contributed by atoms with Crippen molar-refractivity contribution in [3.8, 4) is 0 Å². The third kappa shape index (κ3) is 2.18. The molecule has 96 valence electrons. The molecule has 0 aliphatic carbocycles. The molecule has 0 N–H and O–H groups in total. The fourth-order valence-corrected chi connectivity index (χ4v) is 2.24. The number of halogens is 3. The second-order valence-electron chi connectivity index (χ2n) is 4.80. The minimum Gasteiger partial charge on any atom is -0.302 e. The molecule has 1 aromatic heterocycles. The summed E-state index contributed by atoms with van der Waals surface area (Å²) in [4.78, 5) is 1.89. The summed E-state index contributed by atoms with van der Waals surface area (Å²) in [5.74, 6) is 0. The lowest BCUT2D eigenvalue weighted by Gasteiger charge is -2.24. The summed E-state index contributed by atoms with van der Waals surface area (Å²) in [5, 5.41) is 3.76. The van der Waals surface area contributed by atoms with Crippen LogP contribution < -0.4 is 0 Å². The van der Waals surface area contributed by atoms with Gasteiger partial charge in [0.05, 0.1) is 0 Å². The smallest absolute Gasteiger partial charge is 0.302 e. The van der Waals surface area contributed by atoms with Crippen molar-refractivity contribution in [3.05, 3.63) is 17.0 Å². The van der Waals surface area contributed by atoms with Crippen LogP contribution in [0.1, 0.15) is 36.8 Å².